The summed E-state index contributed by atoms with van der Waals surface area (Å²) in [5.74, 6) is -1.38. The van der Waals surface area contributed by atoms with Crippen molar-refractivity contribution in [2.75, 3.05) is 6.54 Å². The summed E-state index contributed by atoms with van der Waals surface area (Å²) in [5.41, 5.74) is 4.22. The molecule has 1 aromatic carbocycles. The third-order valence-corrected chi connectivity index (χ3v) is 2.99. The van der Waals surface area contributed by atoms with Crippen molar-refractivity contribution in [1.29, 1.82) is 0 Å². The van der Waals surface area contributed by atoms with Crippen molar-refractivity contribution in [3.8, 4) is 0 Å². The van der Waals surface area contributed by atoms with Crippen molar-refractivity contribution in [2.24, 2.45) is 5.10 Å². The lowest BCUT2D eigenvalue weighted by Crippen LogP contribution is -2.38. The summed E-state index contributed by atoms with van der Waals surface area (Å²) < 4.78 is 0. The zero-order chi connectivity index (χ0) is 15.5. The molecule has 0 heterocycles. The number of nitrogens with one attached hydrogen (secondary N) is 2. The summed E-state index contributed by atoms with van der Waals surface area (Å²) in [4.78, 5) is 23.1. The van der Waals surface area contributed by atoms with E-state index in [0.717, 1.165) is 30.5 Å². The molecule has 2 amide bonds. The molecule has 0 aliphatic heterocycles. The average Bonchev–Trinajstić information content (AvgIpc) is 2.51. The van der Waals surface area contributed by atoms with Gasteiger partial charge in [0.1, 0.15) is 0 Å². The number of carbonyl (C=O) groups excluding carboxylic acids is 2. The van der Waals surface area contributed by atoms with E-state index in [1.54, 1.807) is 0 Å². The van der Waals surface area contributed by atoms with E-state index in [9.17, 15) is 9.59 Å². The van der Waals surface area contributed by atoms with Gasteiger partial charge in [-0.25, -0.2) is 5.43 Å². The number of amides is 2. The lowest BCUT2D eigenvalue weighted by atomic mass is 10.1. The van der Waals surface area contributed by atoms with Crippen LogP contribution in [0.3, 0.4) is 0 Å². The Hall–Kier alpha value is -2.17. The monoisotopic (exact) mass is 289 g/mol. The number of hydrogen-bond donors (Lipinski definition) is 2. The van der Waals surface area contributed by atoms with Gasteiger partial charge < -0.3 is 5.32 Å². The van der Waals surface area contributed by atoms with Crippen molar-refractivity contribution in [2.45, 2.75) is 39.5 Å². The molecule has 0 atom stereocenters. The number of carbonyl (C=O) groups is 2. The van der Waals surface area contributed by atoms with Crippen molar-refractivity contribution < 1.29 is 9.59 Å². The molecule has 0 radical (unpaired) electrons. The van der Waals surface area contributed by atoms with E-state index in [4.69, 9.17) is 0 Å². The van der Waals surface area contributed by atoms with Crippen LogP contribution in [0.5, 0.6) is 0 Å². The van der Waals surface area contributed by atoms with E-state index < -0.39 is 11.8 Å². The van der Waals surface area contributed by atoms with Crippen molar-refractivity contribution in [3.05, 3.63) is 35.9 Å². The number of rotatable bonds is 7. The maximum absolute atomic E-state index is 11.6. The van der Waals surface area contributed by atoms with Crippen LogP contribution in [0.15, 0.2) is 35.4 Å². The molecule has 0 saturated heterocycles. The Morgan fingerprint density at radius 3 is 2.52 bits per heavy atom. The number of unbranched alkanes of at least 4 members (excludes halogenated alkanes) is 1. The minimum atomic E-state index is -0.723. The second kappa shape index (κ2) is 9.69. The van der Waals surface area contributed by atoms with Gasteiger partial charge in [-0.15, -0.1) is 0 Å². The van der Waals surface area contributed by atoms with Crippen LogP contribution in [0.4, 0.5) is 0 Å². The smallest absolute Gasteiger partial charge is 0.329 e. The predicted molar refractivity (Wildman–Crippen MR) is 83.9 cm³/mol. The van der Waals surface area contributed by atoms with Crippen molar-refractivity contribution in [1.82, 2.24) is 10.7 Å². The van der Waals surface area contributed by atoms with Gasteiger partial charge in [0, 0.05) is 12.3 Å². The second-order valence-electron chi connectivity index (χ2n) is 4.88. The molecule has 0 unspecified atom stereocenters. The van der Waals surface area contributed by atoms with Gasteiger partial charge in [0.05, 0.1) is 0 Å². The Labute approximate surface area is 125 Å². The molecule has 0 bridgehead atoms. The van der Waals surface area contributed by atoms with Crippen LogP contribution in [0.25, 0.3) is 0 Å². The van der Waals surface area contributed by atoms with E-state index in [2.05, 4.69) is 22.8 Å². The SMILES string of the molecule is CCCCC(C)=NNC(=O)C(=O)NCCc1ccccc1. The van der Waals surface area contributed by atoms with Gasteiger partial charge in [-0.3, -0.25) is 9.59 Å². The lowest BCUT2D eigenvalue weighted by Gasteiger charge is -2.05. The molecule has 2 N–H and O–H groups in total. The van der Waals surface area contributed by atoms with Gasteiger partial charge >= 0.3 is 11.8 Å². The highest BCUT2D eigenvalue weighted by Crippen LogP contribution is 1.98. The first-order valence-corrected chi connectivity index (χ1v) is 7.28. The Balaban J connectivity index is 2.26. The fraction of sp³-hybridized carbons (Fsp3) is 0.438. The van der Waals surface area contributed by atoms with E-state index in [-0.39, 0.29) is 0 Å². The molecule has 1 aromatic rings. The first-order chi connectivity index (χ1) is 10.1. The standard InChI is InChI=1S/C16H23N3O2/c1-3-4-8-13(2)18-19-16(21)15(20)17-12-11-14-9-6-5-7-10-14/h5-7,9-10H,3-4,8,11-12H2,1-2H3,(H,17,20)(H,19,21). The van der Waals surface area contributed by atoms with Gasteiger partial charge in [-0.05, 0) is 31.7 Å². The van der Waals surface area contributed by atoms with Gasteiger partial charge in [0.2, 0.25) is 0 Å². The summed E-state index contributed by atoms with van der Waals surface area (Å²) in [7, 11) is 0. The highest BCUT2D eigenvalue weighted by atomic mass is 16.2. The molecule has 114 valence electrons. The summed E-state index contributed by atoms with van der Waals surface area (Å²) in [6, 6.07) is 9.78. The molecular formula is C16H23N3O2. The number of benzene rings is 1. The highest BCUT2D eigenvalue weighted by molar-refractivity contribution is 6.35. The third-order valence-electron chi connectivity index (χ3n) is 2.99. The molecule has 21 heavy (non-hydrogen) atoms. The minimum absolute atomic E-state index is 0.425. The molecule has 0 fully saturated rings. The van der Waals surface area contributed by atoms with Gasteiger partial charge in [-0.1, -0.05) is 43.7 Å². The average molecular weight is 289 g/mol. The Kier molecular flexibility index (Phi) is 7.79. The minimum Gasteiger partial charge on any atom is -0.347 e. The van der Waals surface area contributed by atoms with Gasteiger partial charge in [0.15, 0.2) is 0 Å². The van der Waals surface area contributed by atoms with Crippen LogP contribution in [-0.4, -0.2) is 24.1 Å². The van der Waals surface area contributed by atoms with Crippen LogP contribution in [0.2, 0.25) is 0 Å². The summed E-state index contributed by atoms with van der Waals surface area (Å²) in [6.07, 6.45) is 3.61. The lowest BCUT2D eigenvalue weighted by molar-refractivity contribution is -0.139. The molecule has 1 rings (SSSR count). The zero-order valence-corrected chi connectivity index (χ0v) is 12.7. The molecule has 5 heteroatoms. The molecule has 0 aromatic heterocycles. The molecule has 0 spiro atoms. The quantitative estimate of drug-likeness (QED) is 0.458. The zero-order valence-electron chi connectivity index (χ0n) is 12.7. The Morgan fingerprint density at radius 1 is 1.14 bits per heavy atom. The van der Waals surface area contributed by atoms with Crippen LogP contribution < -0.4 is 10.7 Å². The largest absolute Gasteiger partial charge is 0.347 e. The Bertz CT molecular complexity index is 484. The highest BCUT2D eigenvalue weighted by Gasteiger charge is 2.11. The fourth-order valence-electron chi connectivity index (χ4n) is 1.73. The predicted octanol–water partition coefficient (Wildman–Crippen LogP) is 2.03. The fourth-order valence-corrected chi connectivity index (χ4v) is 1.73. The van der Waals surface area contributed by atoms with Gasteiger partial charge in [-0.2, -0.15) is 5.10 Å². The van der Waals surface area contributed by atoms with Crippen LogP contribution in [0, 0.1) is 0 Å². The number of hydrazone groups is 1. The van der Waals surface area contributed by atoms with Crippen LogP contribution in [0.1, 0.15) is 38.7 Å². The Morgan fingerprint density at radius 2 is 1.86 bits per heavy atom. The topological polar surface area (TPSA) is 70.6 Å². The summed E-state index contributed by atoms with van der Waals surface area (Å²) in [6.45, 7) is 4.35. The molecular weight excluding hydrogens is 266 g/mol. The van der Waals surface area contributed by atoms with Crippen LogP contribution in [-0.2, 0) is 16.0 Å². The first-order valence-electron chi connectivity index (χ1n) is 7.28. The van der Waals surface area contributed by atoms with E-state index >= 15 is 0 Å². The van der Waals surface area contributed by atoms with Crippen molar-refractivity contribution >= 4 is 17.5 Å². The van der Waals surface area contributed by atoms with E-state index in [1.165, 1.54) is 0 Å². The summed E-state index contributed by atoms with van der Waals surface area (Å²) in [5, 5.41) is 6.48. The molecule has 5 nitrogen and oxygen atoms in total. The summed E-state index contributed by atoms with van der Waals surface area (Å²) >= 11 is 0. The number of hydrogen-bond acceptors (Lipinski definition) is 3. The first kappa shape index (κ1) is 16.9. The third kappa shape index (κ3) is 7.25. The van der Waals surface area contributed by atoms with Crippen LogP contribution >= 0.6 is 0 Å². The maximum atomic E-state index is 11.6. The normalized spacial score (nSPS) is 11.0. The molecule has 0 aliphatic rings. The van der Waals surface area contributed by atoms with Gasteiger partial charge in [0.25, 0.3) is 0 Å². The molecule has 0 aliphatic carbocycles. The molecule has 0 saturated carbocycles. The van der Waals surface area contributed by atoms with E-state index in [1.807, 2.05) is 37.3 Å². The van der Waals surface area contributed by atoms with Crippen molar-refractivity contribution in [3.63, 3.8) is 0 Å². The maximum Gasteiger partial charge on any atom is 0.329 e. The van der Waals surface area contributed by atoms with E-state index in [0.29, 0.717) is 13.0 Å². The number of nitrogens with zero attached hydrogens (tertiary/aromatic N) is 1. The second-order valence-corrected chi connectivity index (χ2v) is 4.88.